The van der Waals surface area contributed by atoms with Crippen LogP contribution in [0.3, 0.4) is 0 Å². The van der Waals surface area contributed by atoms with Crippen LogP contribution >= 0.6 is 11.6 Å². The van der Waals surface area contributed by atoms with Crippen LogP contribution in [0.15, 0.2) is 42.6 Å². The molecule has 2 amide bonds. The second-order valence-electron chi connectivity index (χ2n) is 6.21. The van der Waals surface area contributed by atoms with Crippen LogP contribution in [0.2, 0.25) is 5.02 Å². The predicted molar refractivity (Wildman–Crippen MR) is 95.9 cm³/mol. The molecule has 1 fully saturated rings. The number of fused-ring (bicyclic) bond motifs is 1. The fourth-order valence-electron chi connectivity index (χ4n) is 3.48. The van der Waals surface area contributed by atoms with E-state index < -0.39 is 0 Å². The standard InChI is InChI=1S/C18H19ClN4O/c19-15-4-3-5-16-14(15)8-11-23(16)18(24)21-13-7-10-22(12-13)17-6-1-2-9-20-17/h1-6,9,13H,7-8,10-12H2,(H,21,24)/t13-/m0/s1. The average Bonchev–Trinajstić information content (AvgIpc) is 3.23. The number of anilines is 2. The van der Waals surface area contributed by atoms with Crippen molar-refractivity contribution in [2.75, 3.05) is 29.4 Å². The van der Waals surface area contributed by atoms with E-state index >= 15 is 0 Å². The number of hydrogen-bond acceptors (Lipinski definition) is 3. The minimum absolute atomic E-state index is 0.0381. The summed E-state index contributed by atoms with van der Waals surface area (Å²) in [7, 11) is 0. The van der Waals surface area contributed by atoms with Gasteiger partial charge in [0.15, 0.2) is 0 Å². The number of nitrogens with zero attached hydrogens (tertiary/aromatic N) is 3. The summed E-state index contributed by atoms with van der Waals surface area (Å²) in [4.78, 5) is 21.0. The highest BCUT2D eigenvalue weighted by molar-refractivity contribution is 6.32. The van der Waals surface area contributed by atoms with Gasteiger partial charge in [-0.3, -0.25) is 4.90 Å². The highest BCUT2D eigenvalue weighted by Gasteiger charge is 2.30. The molecule has 0 aliphatic carbocycles. The van der Waals surface area contributed by atoms with Crippen LogP contribution in [-0.2, 0) is 6.42 Å². The van der Waals surface area contributed by atoms with Crippen LogP contribution in [0.25, 0.3) is 0 Å². The van der Waals surface area contributed by atoms with Gasteiger partial charge in [-0.2, -0.15) is 0 Å². The van der Waals surface area contributed by atoms with Crippen LogP contribution < -0.4 is 15.1 Å². The number of amides is 2. The van der Waals surface area contributed by atoms with E-state index in [4.69, 9.17) is 11.6 Å². The Labute approximate surface area is 146 Å². The van der Waals surface area contributed by atoms with E-state index in [1.54, 1.807) is 11.1 Å². The molecule has 2 aliphatic rings. The van der Waals surface area contributed by atoms with Gasteiger partial charge in [-0.15, -0.1) is 0 Å². The van der Waals surface area contributed by atoms with E-state index in [1.807, 2.05) is 36.4 Å². The van der Waals surface area contributed by atoms with Gasteiger partial charge >= 0.3 is 6.03 Å². The van der Waals surface area contributed by atoms with E-state index in [1.165, 1.54) is 0 Å². The van der Waals surface area contributed by atoms with Crippen molar-refractivity contribution in [3.8, 4) is 0 Å². The highest BCUT2D eigenvalue weighted by Crippen LogP contribution is 2.33. The second kappa shape index (κ2) is 6.32. The summed E-state index contributed by atoms with van der Waals surface area (Å²) in [5.41, 5.74) is 2.00. The number of benzene rings is 1. The molecule has 4 rings (SSSR count). The number of rotatable bonds is 2. The summed E-state index contributed by atoms with van der Waals surface area (Å²) >= 11 is 6.22. The summed E-state index contributed by atoms with van der Waals surface area (Å²) in [6.07, 6.45) is 3.54. The largest absolute Gasteiger partial charge is 0.354 e. The summed E-state index contributed by atoms with van der Waals surface area (Å²) in [6.45, 7) is 2.38. The SMILES string of the molecule is O=C(N[C@H]1CCN(c2ccccn2)C1)N1CCc2c(Cl)cccc21. The van der Waals surface area contributed by atoms with E-state index in [2.05, 4.69) is 15.2 Å². The Hall–Kier alpha value is -2.27. The van der Waals surface area contributed by atoms with Crippen LogP contribution in [0.4, 0.5) is 16.3 Å². The molecule has 1 N–H and O–H groups in total. The molecular formula is C18H19ClN4O. The molecule has 1 saturated heterocycles. The van der Waals surface area contributed by atoms with Crippen LogP contribution in [0.5, 0.6) is 0 Å². The van der Waals surface area contributed by atoms with Gasteiger partial charge in [0.05, 0.1) is 5.69 Å². The number of hydrogen-bond donors (Lipinski definition) is 1. The van der Waals surface area contributed by atoms with Crippen LogP contribution in [0, 0.1) is 0 Å². The lowest BCUT2D eigenvalue weighted by Crippen LogP contribution is -2.45. The van der Waals surface area contributed by atoms with Crippen molar-refractivity contribution in [1.82, 2.24) is 10.3 Å². The van der Waals surface area contributed by atoms with E-state index in [-0.39, 0.29) is 12.1 Å². The molecule has 5 nitrogen and oxygen atoms in total. The number of urea groups is 1. The van der Waals surface area contributed by atoms with Crippen LogP contribution in [0.1, 0.15) is 12.0 Å². The predicted octanol–water partition coefficient (Wildman–Crippen LogP) is 3.09. The summed E-state index contributed by atoms with van der Waals surface area (Å²) < 4.78 is 0. The third-order valence-corrected chi connectivity index (χ3v) is 5.06. The van der Waals surface area contributed by atoms with Gasteiger partial charge in [0.2, 0.25) is 0 Å². The number of carbonyl (C=O) groups excluding carboxylic acids is 1. The molecule has 0 radical (unpaired) electrons. The lowest BCUT2D eigenvalue weighted by atomic mass is 10.2. The number of carbonyl (C=O) groups is 1. The maximum Gasteiger partial charge on any atom is 0.322 e. The zero-order valence-electron chi connectivity index (χ0n) is 13.3. The second-order valence-corrected chi connectivity index (χ2v) is 6.62. The van der Waals surface area contributed by atoms with Gasteiger partial charge in [0, 0.05) is 36.9 Å². The first-order valence-corrected chi connectivity index (χ1v) is 8.61. The van der Waals surface area contributed by atoms with Gasteiger partial charge in [-0.25, -0.2) is 9.78 Å². The van der Waals surface area contributed by atoms with E-state index in [0.717, 1.165) is 48.0 Å². The Morgan fingerprint density at radius 2 is 2.12 bits per heavy atom. The smallest absolute Gasteiger partial charge is 0.322 e. The molecule has 3 heterocycles. The molecular weight excluding hydrogens is 324 g/mol. The third kappa shape index (κ3) is 2.80. The summed E-state index contributed by atoms with van der Waals surface area (Å²) in [6, 6.07) is 11.7. The van der Waals surface area contributed by atoms with Gasteiger partial charge in [-0.05, 0) is 42.7 Å². The molecule has 6 heteroatoms. The van der Waals surface area contributed by atoms with Crippen molar-refractivity contribution in [1.29, 1.82) is 0 Å². The fraction of sp³-hybridized carbons (Fsp3) is 0.333. The number of halogens is 1. The minimum Gasteiger partial charge on any atom is -0.354 e. The Morgan fingerprint density at radius 1 is 1.21 bits per heavy atom. The number of nitrogens with one attached hydrogen (secondary N) is 1. The van der Waals surface area contributed by atoms with Gasteiger partial charge in [0.25, 0.3) is 0 Å². The van der Waals surface area contributed by atoms with Gasteiger partial charge in [-0.1, -0.05) is 23.7 Å². The van der Waals surface area contributed by atoms with Crippen molar-refractivity contribution in [2.24, 2.45) is 0 Å². The Balaban J connectivity index is 1.41. The van der Waals surface area contributed by atoms with Crippen molar-refractivity contribution >= 4 is 29.1 Å². The summed E-state index contributed by atoms with van der Waals surface area (Å²) in [5.74, 6) is 0.965. The molecule has 0 spiro atoms. The highest BCUT2D eigenvalue weighted by atomic mass is 35.5. The topological polar surface area (TPSA) is 48.5 Å². The molecule has 124 valence electrons. The van der Waals surface area contributed by atoms with Crippen molar-refractivity contribution in [2.45, 2.75) is 18.9 Å². The zero-order valence-corrected chi connectivity index (χ0v) is 14.0. The molecule has 24 heavy (non-hydrogen) atoms. The lowest BCUT2D eigenvalue weighted by Gasteiger charge is -2.22. The Kier molecular flexibility index (Phi) is 4.02. The minimum atomic E-state index is -0.0381. The van der Waals surface area contributed by atoms with E-state index in [0.29, 0.717) is 6.54 Å². The van der Waals surface area contributed by atoms with Gasteiger partial charge in [0.1, 0.15) is 5.82 Å². The molecule has 1 aromatic heterocycles. The summed E-state index contributed by atoms with van der Waals surface area (Å²) in [5, 5.41) is 3.90. The fourth-order valence-corrected chi connectivity index (χ4v) is 3.75. The maximum atomic E-state index is 12.7. The molecule has 0 unspecified atom stereocenters. The Bertz CT molecular complexity index is 752. The molecule has 2 aliphatic heterocycles. The van der Waals surface area contributed by atoms with E-state index in [9.17, 15) is 4.79 Å². The maximum absolute atomic E-state index is 12.7. The molecule has 1 atom stereocenters. The first-order valence-electron chi connectivity index (χ1n) is 8.24. The van der Waals surface area contributed by atoms with Crippen molar-refractivity contribution < 1.29 is 4.79 Å². The van der Waals surface area contributed by atoms with Crippen LogP contribution in [-0.4, -0.2) is 36.7 Å². The molecule has 2 aromatic rings. The normalized spacial score (nSPS) is 19.5. The molecule has 0 bridgehead atoms. The number of pyridine rings is 1. The molecule has 0 saturated carbocycles. The number of aromatic nitrogens is 1. The lowest BCUT2D eigenvalue weighted by molar-refractivity contribution is 0.244. The molecule has 1 aromatic carbocycles. The zero-order chi connectivity index (χ0) is 16.5. The first-order chi connectivity index (χ1) is 11.7. The Morgan fingerprint density at radius 3 is 2.96 bits per heavy atom. The van der Waals surface area contributed by atoms with Crippen molar-refractivity contribution in [3.63, 3.8) is 0 Å². The third-order valence-electron chi connectivity index (χ3n) is 4.70. The average molecular weight is 343 g/mol. The van der Waals surface area contributed by atoms with Crippen molar-refractivity contribution in [3.05, 3.63) is 53.2 Å². The quantitative estimate of drug-likeness (QED) is 0.912. The van der Waals surface area contributed by atoms with Gasteiger partial charge < -0.3 is 10.2 Å². The monoisotopic (exact) mass is 342 g/mol. The first kappa shape index (κ1) is 15.3.